The molecule has 1 heterocycles. The minimum Gasteiger partial charge on any atom is -0.394 e. The lowest BCUT2D eigenvalue weighted by molar-refractivity contribution is -0.0721. The number of carbonyl (C=O) groups excluding carboxylic acids is 1. The number of hydrogen-bond donors (Lipinski definition) is 5. The second kappa shape index (κ2) is 7.41. The fourth-order valence-electron chi connectivity index (χ4n) is 3.68. The maximum absolute atomic E-state index is 13.1. The second-order valence-electron chi connectivity index (χ2n) is 6.95. The van der Waals surface area contributed by atoms with Crippen LogP contribution in [-0.2, 0) is 0 Å². The van der Waals surface area contributed by atoms with Gasteiger partial charge in [-0.1, -0.05) is 42.5 Å². The first-order chi connectivity index (χ1) is 14.0. The summed E-state index contributed by atoms with van der Waals surface area (Å²) >= 11 is 0. The normalized spacial score (nSPS) is 15.7. The zero-order valence-electron chi connectivity index (χ0n) is 15.3. The summed E-state index contributed by atoms with van der Waals surface area (Å²) in [7, 11) is 0. The summed E-state index contributed by atoms with van der Waals surface area (Å²) in [6.07, 6.45) is -4.59. The highest BCUT2D eigenvalue weighted by atomic mass is 16.4. The van der Waals surface area contributed by atoms with Crippen molar-refractivity contribution in [3.63, 3.8) is 0 Å². The topological polar surface area (TPSA) is 132 Å². The molecule has 8 heteroatoms. The summed E-state index contributed by atoms with van der Waals surface area (Å²) in [5, 5.41) is 39.3. The van der Waals surface area contributed by atoms with Crippen LogP contribution in [0.3, 0.4) is 0 Å². The molecule has 4 rings (SSSR count). The van der Waals surface area contributed by atoms with Crippen molar-refractivity contribution in [3.05, 3.63) is 70.0 Å². The number of benzene rings is 2. The Morgan fingerprint density at radius 3 is 2.17 bits per heavy atom. The quantitative estimate of drug-likeness (QED) is 0.306. The number of aliphatic hydroxyl groups is 4. The third kappa shape index (κ3) is 3.02. The lowest BCUT2D eigenvalue weighted by atomic mass is 10.0. The van der Waals surface area contributed by atoms with E-state index in [1.165, 1.54) is 4.68 Å². The Labute approximate surface area is 165 Å². The number of nitrogens with zero attached hydrogens (tertiary/aromatic N) is 1. The molecule has 0 radical (unpaired) electrons. The van der Waals surface area contributed by atoms with Crippen molar-refractivity contribution in [2.24, 2.45) is 0 Å². The molecule has 8 nitrogen and oxygen atoms in total. The van der Waals surface area contributed by atoms with Crippen LogP contribution in [0.15, 0.2) is 53.3 Å². The van der Waals surface area contributed by atoms with Crippen LogP contribution in [0.25, 0.3) is 22.0 Å². The molecule has 0 saturated carbocycles. The molecule has 0 amide bonds. The van der Waals surface area contributed by atoms with E-state index in [4.69, 9.17) is 5.11 Å². The highest BCUT2D eigenvalue weighted by molar-refractivity contribution is 6.26. The molecule has 0 bridgehead atoms. The Morgan fingerprint density at radius 2 is 1.48 bits per heavy atom. The largest absolute Gasteiger partial charge is 0.394 e. The molecule has 1 aliphatic carbocycles. The smallest absolute Gasteiger partial charge is 0.277 e. The third-order valence-corrected chi connectivity index (χ3v) is 5.18. The molecule has 5 N–H and O–H groups in total. The van der Waals surface area contributed by atoms with Crippen molar-refractivity contribution < 1.29 is 25.2 Å². The minimum absolute atomic E-state index is 0.196. The maximum Gasteiger partial charge on any atom is 0.277 e. The van der Waals surface area contributed by atoms with Gasteiger partial charge < -0.3 is 25.9 Å². The van der Waals surface area contributed by atoms with Crippen molar-refractivity contribution >= 4 is 16.6 Å². The van der Waals surface area contributed by atoms with E-state index in [1.54, 1.807) is 48.5 Å². The number of aromatic nitrogens is 1. The van der Waals surface area contributed by atoms with Crippen LogP contribution in [0, 0.1) is 0 Å². The molecule has 0 spiro atoms. The Morgan fingerprint density at radius 1 is 0.862 bits per heavy atom. The van der Waals surface area contributed by atoms with E-state index in [9.17, 15) is 24.9 Å². The number of pyridine rings is 1. The third-order valence-electron chi connectivity index (χ3n) is 5.18. The van der Waals surface area contributed by atoms with E-state index < -0.39 is 30.5 Å². The fourth-order valence-corrected chi connectivity index (χ4v) is 3.68. The summed E-state index contributed by atoms with van der Waals surface area (Å²) in [6.45, 7) is -1.01. The second-order valence-corrected chi connectivity index (χ2v) is 6.95. The van der Waals surface area contributed by atoms with Crippen molar-refractivity contribution in [3.8, 4) is 11.3 Å². The summed E-state index contributed by atoms with van der Waals surface area (Å²) in [5.41, 5.74) is 4.21. The first-order valence-corrected chi connectivity index (χ1v) is 9.16. The number of carbonyl (C=O) groups is 1. The molecule has 3 aromatic rings. The molecular weight excluding hydrogens is 376 g/mol. The molecule has 0 unspecified atom stereocenters. The van der Waals surface area contributed by atoms with Gasteiger partial charge in [-0.25, -0.2) is 4.68 Å². The molecule has 1 aromatic heterocycles. The van der Waals surface area contributed by atoms with Gasteiger partial charge in [0.15, 0.2) is 5.78 Å². The number of aliphatic hydroxyl groups excluding tert-OH is 4. The molecule has 29 heavy (non-hydrogen) atoms. The van der Waals surface area contributed by atoms with E-state index in [1.807, 2.05) is 0 Å². The van der Waals surface area contributed by atoms with E-state index >= 15 is 0 Å². The SMILES string of the molecule is O=C1c2ccccc2-c2c1c1ccccc1c(=O)n2NC[C@@H](O)[C@H](O)[C@H](O)CO. The number of rotatable bonds is 6. The van der Waals surface area contributed by atoms with Gasteiger partial charge in [-0.05, 0) is 6.07 Å². The van der Waals surface area contributed by atoms with Crippen molar-refractivity contribution in [2.45, 2.75) is 18.3 Å². The average Bonchev–Trinajstić information content (AvgIpc) is 3.05. The Hall–Kier alpha value is -3.04. The maximum atomic E-state index is 13.1. The van der Waals surface area contributed by atoms with Crippen molar-refractivity contribution in [1.82, 2.24) is 4.68 Å². The highest BCUT2D eigenvalue weighted by Crippen LogP contribution is 2.38. The molecule has 0 aliphatic heterocycles. The lowest BCUT2D eigenvalue weighted by Crippen LogP contribution is -2.45. The number of hydrogen-bond acceptors (Lipinski definition) is 7. The van der Waals surface area contributed by atoms with Gasteiger partial charge in [-0.15, -0.1) is 0 Å². The fraction of sp³-hybridized carbons (Fsp3) is 0.238. The first kappa shape index (κ1) is 19.3. The predicted molar refractivity (Wildman–Crippen MR) is 106 cm³/mol. The molecule has 2 aromatic carbocycles. The van der Waals surface area contributed by atoms with Gasteiger partial charge in [-0.2, -0.15) is 0 Å². The van der Waals surface area contributed by atoms with E-state index in [2.05, 4.69) is 5.43 Å². The van der Waals surface area contributed by atoms with Crippen LogP contribution in [0.2, 0.25) is 0 Å². The minimum atomic E-state index is -1.61. The van der Waals surface area contributed by atoms with Crippen LogP contribution in [0.1, 0.15) is 15.9 Å². The zero-order valence-corrected chi connectivity index (χ0v) is 15.3. The van der Waals surface area contributed by atoms with Crippen LogP contribution in [0.5, 0.6) is 0 Å². The Bertz CT molecular complexity index is 1160. The van der Waals surface area contributed by atoms with E-state index in [-0.39, 0.29) is 12.3 Å². The van der Waals surface area contributed by atoms with Crippen LogP contribution >= 0.6 is 0 Å². The monoisotopic (exact) mass is 396 g/mol. The predicted octanol–water partition coefficient (Wildman–Crippen LogP) is -0.169. The van der Waals surface area contributed by atoms with Crippen LogP contribution in [0.4, 0.5) is 0 Å². The van der Waals surface area contributed by atoms with Gasteiger partial charge in [0, 0.05) is 21.9 Å². The standard InChI is InChI=1S/C21H20N2O6/c24-10-16(26)20(28)15(25)9-22-23-18-12-6-2-3-7-13(12)19(27)17(18)11-5-1-4-8-14(11)21(23)29/h1-8,15-16,20,22,24-26,28H,9-10H2/t15-,16-,20+/m1/s1. The molecule has 150 valence electrons. The number of fused-ring (bicyclic) bond motifs is 5. The summed E-state index contributed by atoms with van der Waals surface area (Å²) in [6, 6.07) is 13.7. The summed E-state index contributed by atoms with van der Waals surface area (Å²) in [4.78, 5) is 26.2. The lowest BCUT2D eigenvalue weighted by Gasteiger charge is -2.23. The Kier molecular flexibility index (Phi) is 4.93. The van der Waals surface area contributed by atoms with Gasteiger partial charge in [-0.3, -0.25) is 9.59 Å². The van der Waals surface area contributed by atoms with Crippen molar-refractivity contribution in [2.75, 3.05) is 18.6 Å². The number of ketones is 1. The van der Waals surface area contributed by atoms with Gasteiger partial charge in [0.05, 0.1) is 24.4 Å². The Balaban J connectivity index is 1.85. The number of nitrogens with one attached hydrogen (secondary N) is 1. The first-order valence-electron chi connectivity index (χ1n) is 9.16. The van der Waals surface area contributed by atoms with E-state index in [0.717, 1.165) is 0 Å². The molecular formula is C21H20N2O6. The molecule has 1 aliphatic rings. The van der Waals surface area contributed by atoms with Gasteiger partial charge >= 0.3 is 0 Å². The molecule has 3 atom stereocenters. The van der Waals surface area contributed by atoms with E-state index in [0.29, 0.717) is 33.2 Å². The molecule has 0 saturated heterocycles. The highest BCUT2D eigenvalue weighted by Gasteiger charge is 2.33. The van der Waals surface area contributed by atoms with Crippen LogP contribution < -0.4 is 11.0 Å². The summed E-state index contributed by atoms with van der Waals surface area (Å²) < 4.78 is 1.20. The molecule has 0 fully saturated rings. The van der Waals surface area contributed by atoms with Gasteiger partial charge in [0.1, 0.15) is 18.3 Å². The zero-order chi connectivity index (χ0) is 20.7. The van der Waals surface area contributed by atoms with Gasteiger partial charge in [0.2, 0.25) is 0 Å². The van der Waals surface area contributed by atoms with Crippen molar-refractivity contribution in [1.29, 1.82) is 0 Å². The van der Waals surface area contributed by atoms with Crippen LogP contribution in [-0.4, -0.2) is 62.3 Å². The summed E-state index contributed by atoms with van der Waals surface area (Å²) in [5.74, 6) is -0.196. The average molecular weight is 396 g/mol. The van der Waals surface area contributed by atoms with Gasteiger partial charge in [0.25, 0.3) is 5.56 Å².